The Balaban J connectivity index is 2.11. The molecule has 0 bridgehead atoms. The number of hydrogen-bond donors (Lipinski definition) is 1. The molecule has 0 amide bonds. The molecule has 0 heterocycles. The summed E-state index contributed by atoms with van der Waals surface area (Å²) in [5, 5.41) is 0. The fraction of sp³-hybridized carbons (Fsp3) is 0.250. The maximum absolute atomic E-state index is 12.3. The van der Waals surface area contributed by atoms with E-state index in [1.54, 1.807) is 18.2 Å². The first-order valence-corrected chi connectivity index (χ1v) is 9.03. The third kappa shape index (κ3) is 4.15. The van der Waals surface area contributed by atoms with Crippen LogP contribution in [0.15, 0.2) is 51.8 Å². The lowest BCUT2D eigenvalue weighted by atomic mass is 10.1. The van der Waals surface area contributed by atoms with Gasteiger partial charge in [-0.25, -0.2) is 13.1 Å². The maximum Gasteiger partial charge on any atom is 0.240 e. The van der Waals surface area contributed by atoms with Crippen LogP contribution in [0.1, 0.15) is 23.6 Å². The van der Waals surface area contributed by atoms with Crippen LogP contribution in [0, 0.1) is 6.92 Å². The van der Waals surface area contributed by atoms with Crippen molar-refractivity contribution < 1.29 is 8.42 Å². The van der Waals surface area contributed by atoms with Gasteiger partial charge in [-0.1, -0.05) is 47.1 Å². The molecule has 0 radical (unpaired) electrons. The van der Waals surface area contributed by atoms with Crippen molar-refractivity contribution in [3.05, 3.63) is 63.6 Å². The summed E-state index contributed by atoms with van der Waals surface area (Å²) in [4.78, 5) is 0.286. The topological polar surface area (TPSA) is 46.2 Å². The van der Waals surface area contributed by atoms with Gasteiger partial charge in [0.05, 0.1) is 4.90 Å². The molecule has 0 aromatic heterocycles. The van der Waals surface area contributed by atoms with E-state index in [0.717, 1.165) is 22.0 Å². The largest absolute Gasteiger partial charge is 0.240 e. The van der Waals surface area contributed by atoms with Crippen LogP contribution in [0.4, 0.5) is 0 Å². The molecule has 0 aliphatic carbocycles. The van der Waals surface area contributed by atoms with E-state index in [2.05, 4.69) is 27.6 Å². The van der Waals surface area contributed by atoms with Crippen molar-refractivity contribution in [3.8, 4) is 0 Å². The average molecular weight is 368 g/mol. The zero-order valence-electron chi connectivity index (χ0n) is 12.1. The summed E-state index contributed by atoms with van der Waals surface area (Å²) in [6.07, 6.45) is 0.976. The Morgan fingerprint density at radius 1 is 1.05 bits per heavy atom. The van der Waals surface area contributed by atoms with Gasteiger partial charge in [0.25, 0.3) is 0 Å². The molecule has 5 heteroatoms. The van der Waals surface area contributed by atoms with Gasteiger partial charge >= 0.3 is 0 Å². The molecule has 112 valence electrons. The van der Waals surface area contributed by atoms with E-state index in [0.29, 0.717) is 6.54 Å². The lowest BCUT2D eigenvalue weighted by molar-refractivity contribution is 0.581. The van der Waals surface area contributed by atoms with E-state index in [1.807, 2.05) is 31.2 Å². The fourth-order valence-electron chi connectivity index (χ4n) is 1.94. The molecule has 2 rings (SSSR count). The van der Waals surface area contributed by atoms with Crippen molar-refractivity contribution in [3.63, 3.8) is 0 Å². The highest BCUT2D eigenvalue weighted by atomic mass is 79.9. The summed E-state index contributed by atoms with van der Waals surface area (Å²) in [7, 11) is -3.48. The quantitative estimate of drug-likeness (QED) is 0.873. The lowest BCUT2D eigenvalue weighted by Crippen LogP contribution is -2.23. The van der Waals surface area contributed by atoms with Crippen LogP contribution in [0.2, 0.25) is 0 Å². The van der Waals surface area contributed by atoms with Gasteiger partial charge in [0.2, 0.25) is 10.0 Å². The Bertz CT molecular complexity index is 724. The monoisotopic (exact) mass is 367 g/mol. The lowest BCUT2D eigenvalue weighted by Gasteiger charge is -2.09. The first-order valence-electron chi connectivity index (χ1n) is 6.76. The van der Waals surface area contributed by atoms with Crippen LogP contribution in [-0.2, 0) is 23.0 Å². The molecular formula is C16H18BrNO2S. The van der Waals surface area contributed by atoms with Crippen LogP contribution in [0.3, 0.4) is 0 Å². The summed E-state index contributed by atoms with van der Waals surface area (Å²) in [6.45, 7) is 4.25. The number of hydrogen-bond acceptors (Lipinski definition) is 2. The van der Waals surface area contributed by atoms with Crippen molar-refractivity contribution in [1.29, 1.82) is 0 Å². The molecule has 0 unspecified atom stereocenters. The molecule has 0 aliphatic rings. The van der Waals surface area contributed by atoms with E-state index >= 15 is 0 Å². The summed E-state index contributed by atoms with van der Waals surface area (Å²) in [5.41, 5.74) is 3.08. The van der Waals surface area contributed by atoms with E-state index in [-0.39, 0.29) is 4.90 Å². The molecule has 0 fully saturated rings. The maximum atomic E-state index is 12.3. The number of aryl methyl sites for hydroxylation is 2. The minimum Gasteiger partial charge on any atom is -0.207 e. The molecule has 0 spiro atoms. The predicted molar refractivity (Wildman–Crippen MR) is 88.7 cm³/mol. The molecular weight excluding hydrogens is 350 g/mol. The number of halogens is 1. The third-order valence-corrected chi connectivity index (χ3v) is 5.63. The van der Waals surface area contributed by atoms with Crippen LogP contribution in [0.5, 0.6) is 0 Å². The van der Waals surface area contributed by atoms with E-state index < -0.39 is 10.0 Å². The predicted octanol–water partition coefficient (Wildman–Crippen LogP) is 3.80. The highest BCUT2D eigenvalue weighted by Crippen LogP contribution is 2.20. The number of nitrogens with one attached hydrogen (secondary N) is 1. The van der Waals surface area contributed by atoms with Crippen molar-refractivity contribution in [1.82, 2.24) is 4.72 Å². The van der Waals surface area contributed by atoms with Gasteiger partial charge in [-0.3, -0.25) is 0 Å². The van der Waals surface area contributed by atoms with Crippen molar-refractivity contribution in [2.45, 2.75) is 31.7 Å². The fourth-order valence-corrected chi connectivity index (χ4v) is 3.29. The second-order valence-electron chi connectivity index (χ2n) is 4.91. The average Bonchev–Trinajstić information content (AvgIpc) is 2.48. The Kier molecular flexibility index (Phi) is 5.19. The van der Waals surface area contributed by atoms with Gasteiger partial charge in [0, 0.05) is 11.0 Å². The van der Waals surface area contributed by atoms with Gasteiger partial charge in [0.1, 0.15) is 0 Å². The molecule has 2 aromatic carbocycles. The minimum atomic E-state index is -3.48. The van der Waals surface area contributed by atoms with E-state index in [1.165, 1.54) is 5.56 Å². The highest BCUT2D eigenvalue weighted by Gasteiger charge is 2.14. The summed E-state index contributed by atoms with van der Waals surface area (Å²) < 4.78 is 28.1. The molecule has 0 atom stereocenters. The second-order valence-corrected chi connectivity index (χ2v) is 7.53. The van der Waals surface area contributed by atoms with E-state index in [9.17, 15) is 8.42 Å². The Hall–Kier alpha value is -1.17. The third-order valence-electron chi connectivity index (χ3n) is 3.34. The zero-order valence-corrected chi connectivity index (χ0v) is 14.5. The van der Waals surface area contributed by atoms with Crippen molar-refractivity contribution in [2.75, 3.05) is 0 Å². The number of rotatable bonds is 5. The van der Waals surface area contributed by atoms with Crippen LogP contribution < -0.4 is 4.72 Å². The Morgan fingerprint density at radius 3 is 2.24 bits per heavy atom. The molecule has 0 saturated heterocycles. The van der Waals surface area contributed by atoms with Gasteiger partial charge in [0.15, 0.2) is 0 Å². The standard InChI is InChI=1S/C16H18BrNO2S/c1-3-13-4-6-14(7-5-13)11-18-21(19,20)15-8-9-16(17)12(2)10-15/h4-10,18H,3,11H2,1-2H3. The molecule has 1 N–H and O–H groups in total. The van der Waals surface area contributed by atoms with Gasteiger partial charge in [-0.2, -0.15) is 0 Å². The second kappa shape index (κ2) is 6.73. The normalized spacial score (nSPS) is 11.6. The van der Waals surface area contributed by atoms with Gasteiger partial charge < -0.3 is 0 Å². The van der Waals surface area contributed by atoms with Crippen LogP contribution in [-0.4, -0.2) is 8.42 Å². The van der Waals surface area contributed by atoms with E-state index in [4.69, 9.17) is 0 Å². The zero-order chi connectivity index (χ0) is 15.5. The number of sulfonamides is 1. The molecule has 21 heavy (non-hydrogen) atoms. The van der Waals surface area contributed by atoms with Gasteiger partial charge in [-0.05, 0) is 48.2 Å². The first kappa shape index (κ1) is 16.2. The van der Waals surface area contributed by atoms with Crippen molar-refractivity contribution >= 4 is 26.0 Å². The Labute approximate surface area is 134 Å². The van der Waals surface area contributed by atoms with Crippen LogP contribution >= 0.6 is 15.9 Å². The summed E-state index contributed by atoms with van der Waals surface area (Å²) in [5.74, 6) is 0. The highest BCUT2D eigenvalue weighted by molar-refractivity contribution is 9.10. The van der Waals surface area contributed by atoms with Gasteiger partial charge in [-0.15, -0.1) is 0 Å². The summed E-state index contributed by atoms with van der Waals surface area (Å²) >= 11 is 3.37. The van der Waals surface area contributed by atoms with Crippen LogP contribution in [0.25, 0.3) is 0 Å². The molecule has 0 aliphatic heterocycles. The minimum absolute atomic E-state index is 0.286. The Morgan fingerprint density at radius 2 is 1.67 bits per heavy atom. The molecule has 0 saturated carbocycles. The van der Waals surface area contributed by atoms with Crippen molar-refractivity contribution in [2.24, 2.45) is 0 Å². The number of benzene rings is 2. The summed E-state index contributed by atoms with van der Waals surface area (Å²) in [6, 6.07) is 13.0. The molecule has 2 aromatic rings. The first-order chi connectivity index (χ1) is 9.92. The smallest absolute Gasteiger partial charge is 0.207 e. The molecule has 3 nitrogen and oxygen atoms in total. The SMILES string of the molecule is CCc1ccc(CNS(=O)(=O)c2ccc(Br)c(C)c2)cc1.